The van der Waals surface area contributed by atoms with E-state index in [0.717, 1.165) is 4.57 Å². The second-order valence-corrected chi connectivity index (χ2v) is 6.98. The van der Waals surface area contributed by atoms with Crippen LogP contribution in [0.3, 0.4) is 0 Å². The summed E-state index contributed by atoms with van der Waals surface area (Å²) in [5, 5.41) is 0.281. The number of nitrogen functional groups attached to an aromatic ring is 1. The molecule has 1 atom stereocenters. The Morgan fingerprint density at radius 3 is 2.63 bits per heavy atom. The fraction of sp³-hybridized carbons (Fsp3) is 0.158. The smallest absolute Gasteiger partial charge is 0.337 e. The summed E-state index contributed by atoms with van der Waals surface area (Å²) in [6.45, 7) is -0.0553. The van der Waals surface area contributed by atoms with Crippen LogP contribution in [0.2, 0.25) is 0 Å². The number of halogens is 1. The first kappa shape index (κ1) is 17.2. The molecule has 7 nitrogen and oxygen atoms in total. The Labute approximate surface area is 159 Å². The normalized spacial score (nSPS) is 18.9. The van der Waals surface area contributed by atoms with Crippen LogP contribution in [0.25, 0.3) is 16.7 Å². The maximum atomic E-state index is 13.2. The number of alkyl halides is 1. The SMILES string of the molecule is Nc1ccc2c(=O)n(CC3(Cl)CC=CC=N3)c(=O)n(-c3ccccc3)c2n1. The zero-order valence-corrected chi connectivity index (χ0v) is 15.0. The number of dihydropyridines is 1. The van der Waals surface area contributed by atoms with E-state index in [0.29, 0.717) is 12.1 Å². The first-order chi connectivity index (χ1) is 13.0. The van der Waals surface area contributed by atoms with Gasteiger partial charge < -0.3 is 5.73 Å². The van der Waals surface area contributed by atoms with Crippen LogP contribution in [-0.2, 0) is 6.54 Å². The first-order valence-corrected chi connectivity index (χ1v) is 8.73. The van der Waals surface area contributed by atoms with Gasteiger partial charge in [-0.3, -0.25) is 14.4 Å². The number of aromatic nitrogens is 3. The van der Waals surface area contributed by atoms with Gasteiger partial charge in [0.2, 0.25) is 0 Å². The molecule has 136 valence electrons. The molecular formula is C19H16ClN5O2. The van der Waals surface area contributed by atoms with Crippen LogP contribution in [-0.4, -0.2) is 25.3 Å². The second-order valence-electron chi connectivity index (χ2n) is 6.28. The highest BCUT2D eigenvalue weighted by molar-refractivity contribution is 6.24. The average molecular weight is 382 g/mol. The molecule has 0 aliphatic carbocycles. The summed E-state index contributed by atoms with van der Waals surface area (Å²) in [5.74, 6) is 0.222. The predicted molar refractivity (Wildman–Crippen MR) is 107 cm³/mol. The Morgan fingerprint density at radius 1 is 1.15 bits per heavy atom. The van der Waals surface area contributed by atoms with Crippen molar-refractivity contribution in [1.82, 2.24) is 14.1 Å². The minimum absolute atomic E-state index is 0.0553. The van der Waals surface area contributed by atoms with E-state index in [1.165, 1.54) is 10.6 Å². The van der Waals surface area contributed by atoms with Gasteiger partial charge in [-0.1, -0.05) is 35.9 Å². The maximum Gasteiger partial charge on any atom is 0.337 e. The molecule has 3 heterocycles. The third-order valence-corrected chi connectivity index (χ3v) is 4.75. The summed E-state index contributed by atoms with van der Waals surface area (Å²) in [5.41, 5.74) is 5.57. The minimum atomic E-state index is -1.08. The molecule has 0 amide bonds. The van der Waals surface area contributed by atoms with Gasteiger partial charge in [-0.05, 0) is 30.3 Å². The third-order valence-electron chi connectivity index (χ3n) is 4.38. The number of benzene rings is 1. The van der Waals surface area contributed by atoms with E-state index in [9.17, 15) is 9.59 Å². The Balaban J connectivity index is 2.02. The van der Waals surface area contributed by atoms with E-state index < -0.39 is 16.2 Å². The molecular weight excluding hydrogens is 366 g/mol. The van der Waals surface area contributed by atoms with Crippen LogP contribution in [0.15, 0.2) is 69.2 Å². The molecule has 0 saturated heterocycles. The van der Waals surface area contributed by atoms with E-state index in [1.807, 2.05) is 12.1 Å². The summed E-state index contributed by atoms with van der Waals surface area (Å²) in [6, 6.07) is 12.1. The van der Waals surface area contributed by atoms with Crippen molar-refractivity contribution in [3.8, 4) is 5.69 Å². The lowest BCUT2D eigenvalue weighted by Crippen LogP contribution is -2.44. The van der Waals surface area contributed by atoms with Crippen LogP contribution in [0.1, 0.15) is 6.42 Å². The molecule has 1 aliphatic rings. The van der Waals surface area contributed by atoms with Gasteiger partial charge in [0, 0.05) is 12.6 Å². The number of para-hydroxylation sites is 1. The van der Waals surface area contributed by atoms with Gasteiger partial charge >= 0.3 is 5.69 Å². The van der Waals surface area contributed by atoms with Gasteiger partial charge in [0.15, 0.2) is 10.6 Å². The number of aliphatic imine (C=N–C) groups is 1. The van der Waals surface area contributed by atoms with Gasteiger partial charge in [0.05, 0.1) is 17.6 Å². The van der Waals surface area contributed by atoms with Gasteiger partial charge in [0.1, 0.15) is 5.82 Å². The van der Waals surface area contributed by atoms with E-state index in [1.54, 1.807) is 42.6 Å². The highest BCUT2D eigenvalue weighted by atomic mass is 35.5. The van der Waals surface area contributed by atoms with Crippen molar-refractivity contribution in [1.29, 1.82) is 0 Å². The molecule has 27 heavy (non-hydrogen) atoms. The number of allylic oxidation sites excluding steroid dienone is 1. The van der Waals surface area contributed by atoms with Crippen molar-refractivity contribution in [2.75, 3.05) is 5.73 Å². The lowest BCUT2D eigenvalue weighted by Gasteiger charge is -2.24. The Bertz CT molecular complexity index is 1200. The zero-order valence-electron chi connectivity index (χ0n) is 14.2. The average Bonchev–Trinajstić information content (AvgIpc) is 2.67. The van der Waals surface area contributed by atoms with Crippen LogP contribution in [0.5, 0.6) is 0 Å². The molecule has 1 unspecified atom stereocenters. The quantitative estimate of drug-likeness (QED) is 0.555. The van der Waals surface area contributed by atoms with E-state index in [4.69, 9.17) is 17.3 Å². The number of hydrogen-bond acceptors (Lipinski definition) is 5. The van der Waals surface area contributed by atoms with Crippen molar-refractivity contribution >= 4 is 34.7 Å². The lowest BCUT2D eigenvalue weighted by atomic mass is 10.1. The van der Waals surface area contributed by atoms with E-state index >= 15 is 0 Å². The highest BCUT2D eigenvalue weighted by Gasteiger charge is 2.29. The van der Waals surface area contributed by atoms with Gasteiger partial charge in [-0.25, -0.2) is 14.3 Å². The zero-order chi connectivity index (χ0) is 19.0. The Morgan fingerprint density at radius 2 is 1.93 bits per heavy atom. The van der Waals surface area contributed by atoms with Crippen molar-refractivity contribution in [2.24, 2.45) is 4.99 Å². The van der Waals surface area contributed by atoms with Crippen LogP contribution in [0, 0.1) is 0 Å². The van der Waals surface area contributed by atoms with Crippen molar-refractivity contribution in [3.05, 3.63) is 75.5 Å². The number of anilines is 1. The van der Waals surface area contributed by atoms with Gasteiger partial charge in [0.25, 0.3) is 5.56 Å². The van der Waals surface area contributed by atoms with Crippen molar-refractivity contribution in [2.45, 2.75) is 18.0 Å². The van der Waals surface area contributed by atoms with Crippen molar-refractivity contribution in [3.63, 3.8) is 0 Å². The van der Waals surface area contributed by atoms with E-state index in [-0.39, 0.29) is 23.4 Å². The molecule has 0 radical (unpaired) electrons. The van der Waals surface area contributed by atoms with E-state index in [2.05, 4.69) is 9.98 Å². The first-order valence-electron chi connectivity index (χ1n) is 8.35. The van der Waals surface area contributed by atoms with Crippen LogP contribution < -0.4 is 17.0 Å². The molecule has 2 aromatic heterocycles. The fourth-order valence-corrected chi connectivity index (χ4v) is 3.34. The fourth-order valence-electron chi connectivity index (χ4n) is 3.08. The highest BCUT2D eigenvalue weighted by Crippen LogP contribution is 2.26. The Kier molecular flexibility index (Phi) is 4.16. The van der Waals surface area contributed by atoms with Gasteiger partial charge in [-0.2, -0.15) is 0 Å². The molecule has 0 spiro atoms. The number of nitrogens with two attached hydrogens (primary N) is 1. The molecule has 8 heteroatoms. The Hall–Kier alpha value is -3.19. The number of fused-ring (bicyclic) bond motifs is 1. The number of pyridine rings is 1. The monoisotopic (exact) mass is 381 g/mol. The number of hydrogen-bond donors (Lipinski definition) is 1. The summed E-state index contributed by atoms with van der Waals surface area (Å²) < 4.78 is 2.48. The molecule has 0 fully saturated rings. The van der Waals surface area contributed by atoms with Crippen LogP contribution >= 0.6 is 11.6 Å². The summed E-state index contributed by atoms with van der Waals surface area (Å²) in [6.07, 6.45) is 5.61. The molecule has 2 N–H and O–H groups in total. The standard InChI is InChI=1S/C19H16ClN5O2/c20-19(10-4-5-11-22-19)12-24-17(26)14-8-9-15(21)23-16(14)25(18(24)27)13-6-2-1-3-7-13/h1-9,11H,10,12H2,(H2,21,23). The van der Waals surface area contributed by atoms with Gasteiger partial charge in [-0.15, -0.1) is 0 Å². The predicted octanol–water partition coefficient (Wildman–Crippen LogP) is 2.10. The maximum absolute atomic E-state index is 13.2. The molecule has 4 rings (SSSR count). The molecule has 1 aromatic carbocycles. The number of rotatable bonds is 3. The summed E-state index contributed by atoms with van der Waals surface area (Å²) in [7, 11) is 0. The third kappa shape index (κ3) is 3.06. The largest absolute Gasteiger partial charge is 0.384 e. The lowest BCUT2D eigenvalue weighted by molar-refractivity contribution is 0.475. The second kappa shape index (κ2) is 6.51. The summed E-state index contributed by atoms with van der Waals surface area (Å²) >= 11 is 6.54. The van der Waals surface area contributed by atoms with Crippen LogP contribution in [0.4, 0.5) is 5.82 Å². The topological polar surface area (TPSA) is 95.3 Å². The van der Waals surface area contributed by atoms with Crippen molar-refractivity contribution < 1.29 is 0 Å². The molecule has 3 aromatic rings. The summed E-state index contributed by atoms with van der Waals surface area (Å²) in [4.78, 5) is 33.6. The molecule has 0 saturated carbocycles. The minimum Gasteiger partial charge on any atom is -0.384 e. The molecule has 1 aliphatic heterocycles. The molecule has 0 bridgehead atoms. The number of nitrogens with zero attached hydrogens (tertiary/aromatic N) is 4.